The minimum atomic E-state index is -0.0922. The highest BCUT2D eigenvalue weighted by Crippen LogP contribution is 2.26. The predicted octanol–water partition coefficient (Wildman–Crippen LogP) is 4.35. The van der Waals surface area contributed by atoms with Crippen LogP contribution in [0.5, 0.6) is 0 Å². The lowest BCUT2D eigenvalue weighted by atomic mass is 10.1. The van der Waals surface area contributed by atoms with Crippen LogP contribution in [0, 0.1) is 9.49 Å². The van der Waals surface area contributed by atoms with Gasteiger partial charge in [-0.1, -0.05) is 37.1 Å². The lowest BCUT2D eigenvalue weighted by molar-refractivity contribution is -0.119. The zero-order valence-electron chi connectivity index (χ0n) is 13.9. The first-order valence-corrected chi connectivity index (χ1v) is 9.64. The first-order valence-electron chi connectivity index (χ1n) is 8.56. The SMILES string of the molecule is O=C(NCc1cccc(NC(=O)C2CCCC2)c1)c1ccccc1I. The Morgan fingerprint density at radius 1 is 1.04 bits per heavy atom. The van der Waals surface area contributed by atoms with E-state index in [2.05, 4.69) is 33.2 Å². The molecule has 1 saturated carbocycles. The summed E-state index contributed by atoms with van der Waals surface area (Å²) in [7, 11) is 0. The van der Waals surface area contributed by atoms with Crippen molar-refractivity contribution in [2.45, 2.75) is 32.2 Å². The quantitative estimate of drug-likeness (QED) is 0.669. The number of carbonyl (C=O) groups excluding carboxylic acids is 2. The molecule has 1 fully saturated rings. The summed E-state index contributed by atoms with van der Waals surface area (Å²) in [6.07, 6.45) is 4.25. The Balaban J connectivity index is 1.59. The van der Waals surface area contributed by atoms with E-state index in [0.29, 0.717) is 12.1 Å². The number of carbonyl (C=O) groups is 2. The molecule has 0 aromatic heterocycles. The number of nitrogens with one attached hydrogen (secondary N) is 2. The average Bonchev–Trinajstić information content (AvgIpc) is 3.15. The summed E-state index contributed by atoms with van der Waals surface area (Å²) < 4.78 is 0.926. The molecule has 0 unspecified atom stereocenters. The Morgan fingerprint density at radius 2 is 1.80 bits per heavy atom. The van der Waals surface area contributed by atoms with Gasteiger partial charge in [-0.05, 0) is 65.3 Å². The van der Waals surface area contributed by atoms with E-state index in [1.165, 1.54) is 0 Å². The molecule has 0 saturated heterocycles. The lowest BCUT2D eigenvalue weighted by Crippen LogP contribution is -2.24. The molecule has 0 aliphatic heterocycles. The van der Waals surface area contributed by atoms with Gasteiger partial charge in [-0.2, -0.15) is 0 Å². The third-order valence-corrected chi connectivity index (χ3v) is 5.43. The molecule has 2 aromatic rings. The van der Waals surface area contributed by atoms with Crippen molar-refractivity contribution in [2.24, 2.45) is 5.92 Å². The van der Waals surface area contributed by atoms with Crippen LogP contribution in [0.4, 0.5) is 5.69 Å². The van der Waals surface area contributed by atoms with Crippen molar-refractivity contribution in [3.8, 4) is 0 Å². The van der Waals surface area contributed by atoms with E-state index in [4.69, 9.17) is 0 Å². The Labute approximate surface area is 161 Å². The lowest BCUT2D eigenvalue weighted by Gasteiger charge is -2.12. The third kappa shape index (κ3) is 4.81. The smallest absolute Gasteiger partial charge is 0.252 e. The van der Waals surface area contributed by atoms with E-state index in [0.717, 1.165) is 40.5 Å². The van der Waals surface area contributed by atoms with Crippen LogP contribution in [-0.4, -0.2) is 11.8 Å². The van der Waals surface area contributed by atoms with Gasteiger partial charge in [-0.25, -0.2) is 0 Å². The number of amides is 2. The van der Waals surface area contributed by atoms with Crippen molar-refractivity contribution in [1.82, 2.24) is 5.32 Å². The van der Waals surface area contributed by atoms with Gasteiger partial charge >= 0.3 is 0 Å². The highest BCUT2D eigenvalue weighted by molar-refractivity contribution is 14.1. The second kappa shape index (κ2) is 8.47. The highest BCUT2D eigenvalue weighted by Gasteiger charge is 2.22. The van der Waals surface area contributed by atoms with Gasteiger partial charge in [0.05, 0.1) is 5.56 Å². The molecule has 5 heteroatoms. The molecule has 0 atom stereocenters. The van der Waals surface area contributed by atoms with Crippen molar-refractivity contribution in [3.05, 3.63) is 63.2 Å². The van der Waals surface area contributed by atoms with Crippen LogP contribution >= 0.6 is 22.6 Å². The van der Waals surface area contributed by atoms with E-state index in [9.17, 15) is 9.59 Å². The molecule has 1 aliphatic rings. The van der Waals surface area contributed by atoms with E-state index in [1.54, 1.807) is 0 Å². The molecule has 0 bridgehead atoms. The summed E-state index contributed by atoms with van der Waals surface area (Å²) in [6.45, 7) is 0.428. The number of rotatable bonds is 5. The highest BCUT2D eigenvalue weighted by atomic mass is 127. The summed E-state index contributed by atoms with van der Waals surface area (Å²) in [5.41, 5.74) is 2.43. The summed E-state index contributed by atoms with van der Waals surface area (Å²) >= 11 is 2.16. The van der Waals surface area contributed by atoms with Gasteiger partial charge in [0.25, 0.3) is 5.91 Å². The molecule has 2 amide bonds. The predicted molar refractivity (Wildman–Crippen MR) is 107 cm³/mol. The maximum absolute atomic E-state index is 12.3. The summed E-state index contributed by atoms with van der Waals surface area (Å²) in [4.78, 5) is 24.5. The average molecular weight is 448 g/mol. The normalized spacial score (nSPS) is 14.3. The van der Waals surface area contributed by atoms with E-state index in [-0.39, 0.29) is 17.7 Å². The van der Waals surface area contributed by atoms with Crippen LogP contribution in [0.2, 0.25) is 0 Å². The number of anilines is 1. The number of hydrogen-bond acceptors (Lipinski definition) is 2. The van der Waals surface area contributed by atoms with Crippen LogP contribution in [0.25, 0.3) is 0 Å². The van der Waals surface area contributed by atoms with Gasteiger partial charge in [0.1, 0.15) is 0 Å². The molecule has 2 aromatic carbocycles. The van der Waals surface area contributed by atoms with Crippen molar-refractivity contribution >= 4 is 40.1 Å². The topological polar surface area (TPSA) is 58.2 Å². The molecule has 0 heterocycles. The Morgan fingerprint density at radius 3 is 2.56 bits per heavy atom. The molecule has 130 valence electrons. The Hall–Kier alpha value is -1.89. The fourth-order valence-electron chi connectivity index (χ4n) is 3.11. The second-order valence-electron chi connectivity index (χ2n) is 6.33. The first-order chi connectivity index (χ1) is 12.1. The summed E-state index contributed by atoms with van der Waals surface area (Å²) in [5.74, 6) is 0.159. The molecular formula is C20H21IN2O2. The van der Waals surface area contributed by atoms with Crippen molar-refractivity contribution in [1.29, 1.82) is 0 Å². The molecule has 4 nitrogen and oxygen atoms in total. The minimum Gasteiger partial charge on any atom is -0.348 e. The van der Waals surface area contributed by atoms with Gasteiger partial charge in [-0.15, -0.1) is 0 Å². The molecule has 0 spiro atoms. The zero-order valence-corrected chi connectivity index (χ0v) is 16.1. The van der Waals surface area contributed by atoms with E-state index >= 15 is 0 Å². The molecular weight excluding hydrogens is 427 g/mol. The van der Waals surface area contributed by atoms with E-state index in [1.807, 2.05) is 48.5 Å². The summed E-state index contributed by atoms with van der Waals surface area (Å²) in [5, 5.41) is 5.94. The van der Waals surface area contributed by atoms with Crippen molar-refractivity contribution < 1.29 is 9.59 Å². The largest absolute Gasteiger partial charge is 0.348 e. The van der Waals surface area contributed by atoms with Crippen LogP contribution in [0.15, 0.2) is 48.5 Å². The monoisotopic (exact) mass is 448 g/mol. The van der Waals surface area contributed by atoms with Crippen LogP contribution in [-0.2, 0) is 11.3 Å². The van der Waals surface area contributed by atoms with Crippen LogP contribution in [0.3, 0.4) is 0 Å². The zero-order chi connectivity index (χ0) is 17.6. The molecule has 3 rings (SSSR count). The van der Waals surface area contributed by atoms with Gasteiger partial charge in [-0.3, -0.25) is 9.59 Å². The van der Waals surface area contributed by atoms with Crippen molar-refractivity contribution in [3.63, 3.8) is 0 Å². The standard InChI is InChI=1S/C20H21IN2O2/c21-18-11-4-3-10-17(18)20(25)22-13-14-6-5-9-16(12-14)23-19(24)15-7-1-2-8-15/h3-6,9-12,15H,1-2,7-8,13H2,(H,22,25)(H,23,24). The Bertz CT molecular complexity index is 770. The minimum absolute atomic E-state index is 0.0922. The fraction of sp³-hybridized carbons (Fsp3) is 0.300. The summed E-state index contributed by atoms with van der Waals surface area (Å²) in [6, 6.07) is 15.1. The fourth-order valence-corrected chi connectivity index (χ4v) is 3.75. The van der Waals surface area contributed by atoms with Crippen molar-refractivity contribution in [2.75, 3.05) is 5.32 Å². The van der Waals surface area contributed by atoms with Crippen LogP contribution < -0.4 is 10.6 Å². The maximum Gasteiger partial charge on any atom is 0.252 e. The molecule has 25 heavy (non-hydrogen) atoms. The number of benzene rings is 2. The Kier molecular flexibility index (Phi) is 6.07. The van der Waals surface area contributed by atoms with Gasteiger partial charge < -0.3 is 10.6 Å². The van der Waals surface area contributed by atoms with E-state index < -0.39 is 0 Å². The first kappa shape index (κ1) is 17.9. The van der Waals surface area contributed by atoms with Gasteiger partial charge in [0.2, 0.25) is 5.91 Å². The van der Waals surface area contributed by atoms with Crippen LogP contribution in [0.1, 0.15) is 41.6 Å². The molecule has 0 radical (unpaired) electrons. The third-order valence-electron chi connectivity index (χ3n) is 4.49. The number of hydrogen-bond donors (Lipinski definition) is 2. The molecule has 2 N–H and O–H groups in total. The molecule has 1 aliphatic carbocycles. The van der Waals surface area contributed by atoms with Gasteiger partial charge in [0.15, 0.2) is 0 Å². The maximum atomic E-state index is 12.3. The number of halogens is 1. The van der Waals surface area contributed by atoms with Gasteiger partial charge in [0, 0.05) is 21.7 Å². The second-order valence-corrected chi connectivity index (χ2v) is 7.50.